The lowest BCUT2D eigenvalue weighted by atomic mass is 10.1. The van der Waals surface area contributed by atoms with Crippen LogP contribution in [0.5, 0.6) is 0 Å². The number of aliphatic hydroxyl groups is 1. The molecule has 1 atom stereocenters. The predicted molar refractivity (Wildman–Crippen MR) is 53.0 cm³/mol. The summed E-state index contributed by atoms with van der Waals surface area (Å²) >= 11 is 0. The third-order valence-electron chi connectivity index (χ3n) is 1.80. The van der Waals surface area contributed by atoms with Crippen molar-refractivity contribution >= 4 is 0 Å². The predicted octanol–water partition coefficient (Wildman–Crippen LogP) is 1.83. The lowest BCUT2D eigenvalue weighted by Gasteiger charge is -2.04. The molecule has 0 heterocycles. The molecular formula is C10H21NO. The Labute approximate surface area is 75.5 Å². The summed E-state index contributed by atoms with van der Waals surface area (Å²) in [6.45, 7) is 2.56. The minimum atomic E-state index is -0.301. The van der Waals surface area contributed by atoms with Crippen molar-refractivity contribution in [1.82, 2.24) is 0 Å². The van der Waals surface area contributed by atoms with E-state index in [-0.39, 0.29) is 6.10 Å². The van der Waals surface area contributed by atoms with Gasteiger partial charge in [-0.05, 0) is 25.7 Å². The standard InChI is InChI=1S/C10H21NO/c1-2-3-4-5-6-7-8-10(12)9-11/h4-5,10,12H,2-3,6-9,11H2,1H3/b5-4+. The first-order valence-electron chi connectivity index (χ1n) is 4.84. The van der Waals surface area contributed by atoms with Crippen LogP contribution in [0.25, 0.3) is 0 Å². The van der Waals surface area contributed by atoms with Crippen molar-refractivity contribution in [3.63, 3.8) is 0 Å². The minimum absolute atomic E-state index is 0.301. The van der Waals surface area contributed by atoms with E-state index in [1.165, 1.54) is 12.8 Å². The molecule has 2 heteroatoms. The lowest BCUT2D eigenvalue weighted by molar-refractivity contribution is 0.170. The van der Waals surface area contributed by atoms with Crippen LogP contribution in [0.2, 0.25) is 0 Å². The molecule has 0 aromatic heterocycles. The van der Waals surface area contributed by atoms with Crippen molar-refractivity contribution in [2.24, 2.45) is 5.73 Å². The Kier molecular flexibility index (Phi) is 8.51. The maximum atomic E-state index is 9.11. The van der Waals surface area contributed by atoms with E-state index >= 15 is 0 Å². The van der Waals surface area contributed by atoms with Gasteiger partial charge in [0.05, 0.1) is 6.10 Å². The molecule has 1 unspecified atom stereocenters. The number of nitrogens with two attached hydrogens (primary N) is 1. The van der Waals surface area contributed by atoms with Crippen molar-refractivity contribution in [3.05, 3.63) is 12.2 Å². The third kappa shape index (κ3) is 7.76. The molecule has 0 rings (SSSR count). The van der Waals surface area contributed by atoms with Crippen LogP contribution in [-0.2, 0) is 0 Å². The summed E-state index contributed by atoms with van der Waals surface area (Å²) in [5.74, 6) is 0. The van der Waals surface area contributed by atoms with Crippen molar-refractivity contribution in [2.45, 2.75) is 45.1 Å². The van der Waals surface area contributed by atoms with Crippen molar-refractivity contribution in [1.29, 1.82) is 0 Å². The topological polar surface area (TPSA) is 46.2 Å². The number of aliphatic hydroxyl groups excluding tert-OH is 1. The molecule has 12 heavy (non-hydrogen) atoms. The summed E-state index contributed by atoms with van der Waals surface area (Å²) in [5, 5.41) is 9.11. The molecule has 0 spiro atoms. The Morgan fingerprint density at radius 3 is 2.58 bits per heavy atom. The molecule has 3 N–H and O–H groups in total. The number of unbranched alkanes of at least 4 members (excludes halogenated alkanes) is 2. The van der Waals surface area contributed by atoms with Gasteiger partial charge in [-0.2, -0.15) is 0 Å². The molecule has 0 amide bonds. The summed E-state index contributed by atoms with van der Waals surface area (Å²) in [5.41, 5.74) is 5.27. The molecule has 0 aliphatic heterocycles. The molecule has 0 saturated carbocycles. The lowest BCUT2D eigenvalue weighted by Crippen LogP contribution is -2.18. The Morgan fingerprint density at radius 2 is 2.00 bits per heavy atom. The molecular weight excluding hydrogens is 150 g/mol. The average molecular weight is 171 g/mol. The third-order valence-corrected chi connectivity index (χ3v) is 1.80. The number of allylic oxidation sites excluding steroid dienone is 2. The molecule has 2 nitrogen and oxygen atoms in total. The van der Waals surface area contributed by atoms with Gasteiger partial charge in [-0.25, -0.2) is 0 Å². The Bertz CT molecular complexity index is 112. The largest absolute Gasteiger partial charge is 0.392 e. The zero-order chi connectivity index (χ0) is 9.23. The minimum Gasteiger partial charge on any atom is -0.392 e. The number of rotatable bonds is 7. The van der Waals surface area contributed by atoms with Gasteiger partial charge in [0.1, 0.15) is 0 Å². The van der Waals surface area contributed by atoms with Crippen LogP contribution in [0.4, 0.5) is 0 Å². The highest BCUT2D eigenvalue weighted by Crippen LogP contribution is 2.01. The molecule has 0 fully saturated rings. The summed E-state index contributed by atoms with van der Waals surface area (Å²) < 4.78 is 0. The van der Waals surface area contributed by atoms with Crippen LogP contribution in [-0.4, -0.2) is 17.8 Å². The smallest absolute Gasteiger partial charge is 0.0662 e. The van der Waals surface area contributed by atoms with E-state index in [1.54, 1.807) is 0 Å². The van der Waals surface area contributed by atoms with Gasteiger partial charge in [-0.3, -0.25) is 0 Å². The van der Waals surface area contributed by atoms with Gasteiger partial charge in [0.2, 0.25) is 0 Å². The average Bonchev–Trinajstić information content (AvgIpc) is 2.10. The Balaban J connectivity index is 3.09. The van der Waals surface area contributed by atoms with Crippen LogP contribution in [0.15, 0.2) is 12.2 Å². The van der Waals surface area contributed by atoms with E-state index in [0.29, 0.717) is 6.54 Å². The maximum absolute atomic E-state index is 9.11. The monoisotopic (exact) mass is 171 g/mol. The summed E-state index contributed by atoms with van der Waals surface area (Å²) in [6.07, 6.45) is 9.40. The molecule has 0 radical (unpaired) electrons. The van der Waals surface area contributed by atoms with E-state index in [9.17, 15) is 0 Å². The van der Waals surface area contributed by atoms with E-state index in [1.807, 2.05) is 0 Å². The normalized spacial score (nSPS) is 13.9. The van der Waals surface area contributed by atoms with Crippen LogP contribution >= 0.6 is 0 Å². The van der Waals surface area contributed by atoms with Crippen LogP contribution in [0.1, 0.15) is 39.0 Å². The van der Waals surface area contributed by atoms with Gasteiger partial charge in [0.15, 0.2) is 0 Å². The van der Waals surface area contributed by atoms with Crippen LogP contribution in [0, 0.1) is 0 Å². The summed E-state index contributed by atoms with van der Waals surface area (Å²) in [7, 11) is 0. The Hall–Kier alpha value is -0.340. The van der Waals surface area contributed by atoms with E-state index in [0.717, 1.165) is 19.3 Å². The van der Waals surface area contributed by atoms with Gasteiger partial charge >= 0.3 is 0 Å². The van der Waals surface area contributed by atoms with Gasteiger partial charge in [0.25, 0.3) is 0 Å². The number of hydrogen-bond donors (Lipinski definition) is 2. The SMILES string of the molecule is CCC/C=C/CCCC(O)CN. The fourth-order valence-electron chi connectivity index (χ4n) is 0.992. The number of hydrogen-bond acceptors (Lipinski definition) is 2. The second-order valence-corrected chi connectivity index (χ2v) is 3.08. The molecule has 0 bridgehead atoms. The molecule has 72 valence electrons. The maximum Gasteiger partial charge on any atom is 0.0662 e. The van der Waals surface area contributed by atoms with E-state index in [4.69, 9.17) is 10.8 Å². The van der Waals surface area contributed by atoms with Gasteiger partial charge in [0, 0.05) is 6.54 Å². The molecule has 0 saturated heterocycles. The molecule has 0 aliphatic rings. The van der Waals surface area contributed by atoms with Crippen molar-refractivity contribution in [2.75, 3.05) is 6.54 Å². The van der Waals surface area contributed by atoms with E-state index in [2.05, 4.69) is 19.1 Å². The highest BCUT2D eigenvalue weighted by atomic mass is 16.3. The first kappa shape index (κ1) is 11.7. The van der Waals surface area contributed by atoms with Crippen molar-refractivity contribution < 1.29 is 5.11 Å². The van der Waals surface area contributed by atoms with E-state index < -0.39 is 0 Å². The Morgan fingerprint density at radius 1 is 1.33 bits per heavy atom. The van der Waals surface area contributed by atoms with Crippen molar-refractivity contribution in [3.8, 4) is 0 Å². The summed E-state index contributed by atoms with van der Waals surface area (Å²) in [4.78, 5) is 0. The van der Waals surface area contributed by atoms with Crippen LogP contribution < -0.4 is 5.73 Å². The summed E-state index contributed by atoms with van der Waals surface area (Å²) in [6, 6.07) is 0. The quantitative estimate of drug-likeness (QED) is 0.453. The first-order valence-corrected chi connectivity index (χ1v) is 4.84. The van der Waals surface area contributed by atoms with Crippen LogP contribution in [0.3, 0.4) is 0 Å². The zero-order valence-electron chi connectivity index (χ0n) is 8.00. The molecule has 0 aromatic rings. The first-order chi connectivity index (χ1) is 5.81. The van der Waals surface area contributed by atoms with Gasteiger partial charge in [-0.1, -0.05) is 25.5 Å². The van der Waals surface area contributed by atoms with Gasteiger partial charge < -0.3 is 10.8 Å². The molecule has 0 aliphatic carbocycles. The highest BCUT2D eigenvalue weighted by Gasteiger charge is 1.97. The fourth-order valence-corrected chi connectivity index (χ4v) is 0.992. The second kappa shape index (κ2) is 8.75. The highest BCUT2D eigenvalue weighted by molar-refractivity contribution is 4.81. The zero-order valence-corrected chi connectivity index (χ0v) is 8.00. The molecule has 0 aromatic carbocycles. The van der Waals surface area contributed by atoms with Gasteiger partial charge in [-0.15, -0.1) is 0 Å². The second-order valence-electron chi connectivity index (χ2n) is 3.08. The fraction of sp³-hybridized carbons (Fsp3) is 0.800.